The molecule has 0 rings (SSSR count). The first-order valence-electron chi connectivity index (χ1n) is 3.51. The molecule has 0 aromatic carbocycles. The molecule has 3 nitrogen and oxygen atoms in total. The molecule has 0 aromatic heterocycles. The zero-order valence-corrected chi connectivity index (χ0v) is 7.67. The molecule has 2 atom stereocenters. The first kappa shape index (κ1) is 10.8. The lowest BCUT2D eigenvalue weighted by Gasteiger charge is -2.10. The number of hydrogen-bond acceptors (Lipinski definition) is 3. The van der Waals surface area contributed by atoms with E-state index in [9.17, 15) is 4.79 Å². The molecule has 0 aliphatic heterocycles. The Morgan fingerprint density at radius 1 is 1.64 bits per heavy atom. The van der Waals surface area contributed by atoms with Gasteiger partial charge in [0.15, 0.2) is 0 Å². The second-order valence-corrected chi connectivity index (χ2v) is 3.10. The zero-order chi connectivity index (χ0) is 8.85. The fourth-order valence-electron chi connectivity index (χ4n) is 0.634. The van der Waals surface area contributed by atoms with Crippen LogP contribution in [0.3, 0.4) is 0 Å². The molecule has 0 aromatic rings. The van der Waals surface area contributed by atoms with Crippen molar-refractivity contribution in [1.82, 2.24) is 0 Å². The fraction of sp³-hybridized carbons (Fsp3) is 0.857. The topological polar surface area (TPSA) is 46.5 Å². The standard InChI is InChI=1S/C7H14O3S/c1-5(10-2)3-4-6(11)7(8)9/h5-6,11H,3-4H2,1-2H3,(H,8,9). The molecule has 0 radical (unpaired) electrons. The summed E-state index contributed by atoms with van der Waals surface area (Å²) in [5, 5.41) is 7.89. The molecule has 0 saturated carbocycles. The molecule has 2 unspecified atom stereocenters. The lowest BCUT2D eigenvalue weighted by Crippen LogP contribution is -2.16. The molecule has 0 aliphatic carbocycles. The van der Waals surface area contributed by atoms with Gasteiger partial charge in [0.1, 0.15) is 0 Å². The molecule has 0 fully saturated rings. The van der Waals surface area contributed by atoms with Crippen LogP contribution in [0.1, 0.15) is 19.8 Å². The molecular weight excluding hydrogens is 164 g/mol. The van der Waals surface area contributed by atoms with Crippen LogP contribution in [0.25, 0.3) is 0 Å². The van der Waals surface area contributed by atoms with Crippen molar-refractivity contribution in [3.8, 4) is 0 Å². The molecule has 0 amide bonds. The van der Waals surface area contributed by atoms with Gasteiger partial charge in [-0.05, 0) is 19.8 Å². The van der Waals surface area contributed by atoms with Gasteiger partial charge in [-0.1, -0.05) is 0 Å². The number of carboxylic acid groups (broad SMARTS) is 1. The van der Waals surface area contributed by atoms with E-state index in [4.69, 9.17) is 9.84 Å². The van der Waals surface area contributed by atoms with Gasteiger partial charge in [0, 0.05) is 7.11 Å². The third kappa shape index (κ3) is 5.09. The maximum atomic E-state index is 10.3. The van der Waals surface area contributed by atoms with Crippen LogP contribution in [-0.4, -0.2) is 29.5 Å². The van der Waals surface area contributed by atoms with Gasteiger partial charge in [-0.3, -0.25) is 4.79 Å². The Balaban J connectivity index is 3.45. The highest BCUT2D eigenvalue weighted by Crippen LogP contribution is 2.08. The Kier molecular flexibility index (Phi) is 5.32. The predicted octanol–water partition coefficient (Wildman–Crippen LogP) is 1.18. The second-order valence-electron chi connectivity index (χ2n) is 2.48. The van der Waals surface area contributed by atoms with Gasteiger partial charge in [-0.15, -0.1) is 0 Å². The van der Waals surface area contributed by atoms with Crippen LogP contribution in [0.4, 0.5) is 0 Å². The van der Waals surface area contributed by atoms with Crippen molar-refractivity contribution in [2.24, 2.45) is 0 Å². The van der Waals surface area contributed by atoms with Gasteiger partial charge in [0.05, 0.1) is 11.4 Å². The summed E-state index contributed by atoms with van der Waals surface area (Å²) in [5.74, 6) is -0.864. The van der Waals surface area contributed by atoms with Crippen LogP contribution in [0.5, 0.6) is 0 Å². The molecule has 0 heterocycles. The van der Waals surface area contributed by atoms with Crippen molar-refractivity contribution in [2.75, 3.05) is 7.11 Å². The highest BCUT2D eigenvalue weighted by molar-refractivity contribution is 7.81. The zero-order valence-electron chi connectivity index (χ0n) is 6.78. The SMILES string of the molecule is COC(C)CCC(S)C(=O)O. The maximum Gasteiger partial charge on any atom is 0.316 e. The normalized spacial score (nSPS) is 15.9. The van der Waals surface area contributed by atoms with Gasteiger partial charge >= 0.3 is 5.97 Å². The van der Waals surface area contributed by atoms with E-state index in [1.54, 1.807) is 7.11 Å². The van der Waals surface area contributed by atoms with Crippen molar-refractivity contribution >= 4 is 18.6 Å². The summed E-state index contributed by atoms with van der Waals surface area (Å²) in [6.45, 7) is 1.91. The quantitative estimate of drug-likeness (QED) is 0.621. The summed E-state index contributed by atoms with van der Waals surface area (Å²) in [6.07, 6.45) is 1.40. The third-order valence-corrected chi connectivity index (χ3v) is 2.01. The number of aliphatic carboxylic acids is 1. The average Bonchev–Trinajstić information content (AvgIpc) is 1.99. The van der Waals surface area contributed by atoms with Gasteiger partial charge < -0.3 is 9.84 Å². The van der Waals surface area contributed by atoms with E-state index in [-0.39, 0.29) is 6.10 Å². The van der Waals surface area contributed by atoms with E-state index < -0.39 is 11.2 Å². The lowest BCUT2D eigenvalue weighted by atomic mass is 10.2. The van der Waals surface area contributed by atoms with Crippen LogP contribution < -0.4 is 0 Å². The van der Waals surface area contributed by atoms with Crippen LogP contribution >= 0.6 is 12.6 Å². The molecule has 0 spiro atoms. The van der Waals surface area contributed by atoms with Crippen molar-refractivity contribution in [3.05, 3.63) is 0 Å². The van der Waals surface area contributed by atoms with Crippen molar-refractivity contribution < 1.29 is 14.6 Å². The summed E-state index contributed by atoms with van der Waals surface area (Å²) in [4.78, 5) is 10.3. The fourth-order valence-corrected chi connectivity index (χ4v) is 0.783. The number of rotatable bonds is 5. The molecule has 1 N–H and O–H groups in total. The molecule has 0 aliphatic rings. The minimum atomic E-state index is -0.864. The Morgan fingerprint density at radius 2 is 2.18 bits per heavy atom. The predicted molar refractivity (Wildman–Crippen MR) is 46.1 cm³/mol. The number of methoxy groups -OCH3 is 1. The van der Waals surface area contributed by atoms with E-state index in [0.717, 1.165) is 6.42 Å². The van der Waals surface area contributed by atoms with Gasteiger partial charge in [-0.2, -0.15) is 12.6 Å². The maximum absolute atomic E-state index is 10.3. The van der Waals surface area contributed by atoms with Crippen LogP contribution in [-0.2, 0) is 9.53 Å². The van der Waals surface area contributed by atoms with E-state index in [2.05, 4.69) is 12.6 Å². The monoisotopic (exact) mass is 178 g/mol. The summed E-state index contributed by atoms with van der Waals surface area (Å²) < 4.78 is 4.95. The second kappa shape index (κ2) is 5.43. The minimum absolute atomic E-state index is 0.115. The Labute approximate surface area is 72.2 Å². The Morgan fingerprint density at radius 3 is 2.55 bits per heavy atom. The molecule has 0 bridgehead atoms. The van der Waals surface area contributed by atoms with Crippen LogP contribution in [0.2, 0.25) is 0 Å². The summed E-state index contributed by atoms with van der Waals surface area (Å²) in [6, 6.07) is 0. The molecular formula is C7H14O3S. The molecule has 0 saturated heterocycles. The van der Waals surface area contributed by atoms with Crippen molar-refractivity contribution in [3.63, 3.8) is 0 Å². The summed E-state index contributed by atoms with van der Waals surface area (Å²) in [7, 11) is 1.61. The number of ether oxygens (including phenoxy) is 1. The first-order chi connectivity index (χ1) is 5.07. The van der Waals surface area contributed by atoms with Crippen molar-refractivity contribution in [2.45, 2.75) is 31.1 Å². The number of carboxylic acids is 1. The summed E-state index contributed by atoms with van der Waals surface area (Å²) in [5.41, 5.74) is 0. The minimum Gasteiger partial charge on any atom is -0.480 e. The van der Waals surface area contributed by atoms with E-state index in [1.165, 1.54) is 0 Å². The van der Waals surface area contributed by atoms with Crippen LogP contribution in [0.15, 0.2) is 0 Å². The third-order valence-electron chi connectivity index (χ3n) is 1.53. The lowest BCUT2D eigenvalue weighted by molar-refractivity contribution is -0.136. The number of thiol groups is 1. The molecule has 4 heteroatoms. The van der Waals surface area contributed by atoms with E-state index in [0.29, 0.717) is 6.42 Å². The van der Waals surface area contributed by atoms with E-state index in [1.807, 2.05) is 6.92 Å². The van der Waals surface area contributed by atoms with Gasteiger partial charge in [-0.25, -0.2) is 0 Å². The molecule has 66 valence electrons. The molecule has 11 heavy (non-hydrogen) atoms. The Bertz CT molecular complexity index is 127. The van der Waals surface area contributed by atoms with Crippen molar-refractivity contribution in [1.29, 1.82) is 0 Å². The highest BCUT2D eigenvalue weighted by atomic mass is 32.1. The number of hydrogen-bond donors (Lipinski definition) is 2. The highest BCUT2D eigenvalue weighted by Gasteiger charge is 2.12. The smallest absolute Gasteiger partial charge is 0.316 e. The number of carbonyl (C=O) groups is 1. The van der Waals surface area contributed by atoms with Gasteiger partial charge in [0.25, 0.3) is 0 Å². The van der Waals surface area contributed by atoms with Crippen LogP contribution in [0, 0.1) is 0 Å². The van der Waals surface area contributed by atoms with E-state index >= 15 is 0 Å². The first-order valence-corrected chi connectivity index (χ1v) is 4.03. The largest absolute Gasteiger partial charge is 0.480 e. The average molecular weight is 178 g/mol. The van der Waals surface area contributed by atoms with Gasteiger partial charge in [0.2, 0.25) is 0 Å². The Hall–Kier alpha value is -0.220. The summed E-state index contributed by atoms with van der Waals surface area (Å²) >= 11 is 3.88.